The van der Waals surface area contributed by atoms with E-state index in [-0.39, 0.29) is 0 Å². The van der Waals surface area contributed by atoms with E-state index in [1.54, 1.807) is 12.1 Å². The summed E-state index contributed by atoms with van der Waals surface area (Å²) in [6.45, 7) is 6.47. The molecule has 21 heavy (non-hydrogen) atoms. The summed E-state index contributed by atoms with van der Waals surface area (Å²) in [4.78, 5) is 22.1. The fraction of sp³-hybridized carbons (Fsp3) is 0.556. The van der Waals surface area contributed by atoms with Crippen molar-refractivity contribution in [2.45, 2.75) is 58.8 Å². The Bertz CT molecular complexity index is 442. The van der Waals surface area contributed by atoms with Crippen molar-refractivity contribution in [3.63, 3.8) is 0 Å². The number of hydrogen-bond donors (Lipinski definition) is 0. The Hall–Kier alpha value is -1.35. The Kier molecular flexibility index (Phi) is 5.80. The van der Waals surface area contributed by atoms with Gasteiger partial charge in [-0.05, 0) is 55.2 Å². The first-order valence-electron chi connectivity index (χ1n) is 7.93. The first kappa shape index (κ1) is 16.0. The molecule has 1 aromatic rings. The number of hydrogen-bond acceptors (Lipinski definition) is 3. The van der Waals surface area contributed by atoms with E-state index in [1.165, 1.54) is 12.0 Å². The van der Waals surface area contributed by atoms with Crippen LogP contribution >= 0.6 is 0 Å². The van der Waals surface area contributed by atoms with Crippen LogP contribution in [0.5, 0.6) is 0 Å². The predicted molar refractivity (Wildman–Crippen MR) is 82.5 cm³/mol. The molecule has 1 saturated carbocycles. The Labute approximate surface area is 127 Å². The number of rotatable bonds is 5. The van der Waals surface area contributed by atoms with Crippen LogP contribution in [0.3, 0.4) is 0 Å². The molecule has 0 saturated heterocycles. The van der Waals surface area contributed by atoms with Gasteiger partial charge in [-0.3, -0.25) is 4.89 Å². The molecule has 1 aromatic carbocycles. The normalized spacial score (nSPS) is 17.1. The molecule has 0 spiro atoms. The van der Waals surface area contributed by atoms with Gasteiger partial charge in [-0.15, -0.1) is 0 Å². The molecule has 1 aliphatic rings. The highest BCUT2D eigenvalue weighted by Gasteiger charge is 2.23. The highest BCUT2D eigenvalue weighted by atomic mass is 17.2. The van der Waals surface area contributed by atoms with Gasteiger partial charge in [0.05, 0.1) is 5.56 Å². The number of carbonyl (C=O) groups is 1. The van der Waals surface area contributed by atoms with E-state index in [0.29, 0.717) is 11.5 Å². The molecule has 0 atom stereocenters. The molecule has 1 fully saturated rings. The average Bonchev–Trinajstić information content (AvgIpc) is 2.53. The van der Waals surface area contributed by atoms with Crippen LogP contribution in [0.2, 0.25) is 0 Å². The largest absolute Gasteiger partial charge is 0.373 e. The van der Waals surface area contributed by atoms with Crippen molar-refractivity contribution >= 4 is 5.97 Å². The highest BCUT2D eigenvalue weighted by molar-refractivity contribution is 5.88. The van der Waals surface area contributed by atoms with Crippen molar-refractivity contribution in [3.8, 4) is 0 Å². The fourth-order valence-electron chi connectivity index (χ4n) is 2.64. The second-order valence-corrected chi connectivity index (χ2v) is 6.12. The lowest BCUT2D eigenvalue weighted by Gasteiger charge is -2.25. The van der Waals surface area contributed by atoms with Crippen LogP contribution in [0.1, 0.15) is 74.7 Å². The van der Waals surface area contributed by atoms with Crippen LogP contribution in [0.4, 0.5) is 0 Å². The minimum absolute atomic E-state index is 0.421. The summed E-state index contributed by atoms with van der Waals surface area (Å²) in [5.41, 5.74) is 1.74. The van der Waals surface area contributed by atoms with Crippen molar-refractivity contribution < 1.29 is 14.6 Å². The minimum atomic E-state index is -0.421. The van der Waals surface area contributed by atoms with Crippen LogP contribution in [-0.4, -0.2) is 5.97 Å². The molecular formula is C18H25O3. The lowest BCUT2D eigenvalue weighted by atomic mass is 9.86. The van der Waals surface area contributed by atoms with E-state index in [2.05, 4.69) is 20.8 Å². The molecular weight excluding hydrogens is 264 g/mol. The van der Waals surface area contributed by atoms with Crippen molar-refractivity contribution in [1.82, 2.24) is 0 Å². The van der Waals surface area contributed by atoms with E-state index in [1.807, 2.05) is 12.1 Å². The molecule has 0 amide bonds. The molecule has 115 valence electrons. The molecule has 2 rings (SSSR count). The van der Waals surface area contributed by atoms with Gasteiger partial charge in [-0.25, -0.2) is 4.79 Å². The maximum Gasteiger partial charge on any atom is 0.373 e. The second kappa shape index (κ2) is 7.60. The van der Waals surface area contributed by atoms with Crippen LogP contribution < -0.4 is 0 Å². The summed E-state index contributed by atoms with van der Waals surface area (Å²) < 4.78 is 0. The van der Waals surface area contributed by atoms with Crippen molar-refractivity contribution in [2.75, 3.05) is 0 Å². The smallest absolute Gasteiger partial charge is 0.292 e. The monoisotopic (exact) mass is 289 g/mol. The van der Waals surface area contributed by atoms with Gasteiger partial charge in [0.1, 0.15) is 6.10 Å². The Morgan fingerprint density at radius 3 is 2.33 bits per heavy atom. The van der Waals surface area contributed by atoms with Gasteiger partial charge in [0.2, 0.25) is 0 Å². The van der Waals surface area contributed by atoms with Gasteiger partial charge in [-0.2, -0.15) is 4.89 Å². The zero-order chi connectivity index (χ0) is 15.2. The Balaban J connectivity index is 1.79. The van der Waals surface area contributed by atoms with Gasteiger partial charge in [-0.1, -0.05) is 39.3 Å². The van der Waals surface area contributed by atoms with E-state index < -0.39 is 5.97 Å². The van der Waals surface area contributed by atoms with Crippen LogP contribution in [0.25, 0.3) is 0 Å². The summed E-state index contributed by atoms with van der Waals surface area (Å²) in [7, 11) is 0. The molecule has 0 aromatic heterocycles. The SMILES string of the molecule is CCC1CC[C](OOC(=O)c2ccc(C(C)C)cc2)CC1. The van der Waals surface area contributed by atoms with Crippen LogP contribution in [-0.2, 0) is 9.78 Å². The number of carbonyl (C=O) groups excluding carboxylic acids is 1. The maximum atomic E-state index is 11.9. The summed E-state index contributed by atoms with van der Waals surface area (Å²) >= 11 is 0. The molecule has 3 nitrogen and oxygen atoms in total. The lowest BCUT2D eigenvalue weighted by Crippen LogP contribution is -2.17. The summed E-state index contributed by atoms with van der Waals surface area (Å²) in [5, 5.41) is 0. The Morgan fingerprint density at radius 1 is 1.19 bits per heavy atom. The first-order chi connectivity index (χ1) is 10.1. The van der Waals surface area contributed by atoms with E-state index in [9.17, 15) is 4.79 Å². The van der Waals surface area contributed by atoms with Gasteiger partial charge in [0.25, 0.3) is 0 Å². The topological polar surface area (TPSA) is 35.5 Å². The van der Waals surface area contributed by atoms with Crippen molar-refractivity contribution in [2.24, 2.45) is 5.92 Å². The molecule has 0 unspecified atom stereocenters. The molecule has 0 heterocycles. The Morgan fingerprint density at radius 2 is 1.81 bits per heavy atom. The molecule has 0 N–H and O–H groups in total. The van der Waals surface area contributed by atoms with Gasteiger partial charge in [0, 0.05) is 0 Å². The van der Waals surface area contributed by atoms with Crippen molar-refractivity contribution in [1.29, 1.82) is 0 Å². The van der Waals surface area contributed by atoms with Gasteiger partial charge in [0.15, 0.2) is 0 Å². The van der Waals surface area contributed by atoms with Gasteiger partial charge >= 0.3 is 5.97 Å². The molecule has 1 radical (unpaired) electrons. The van der Waals surface area contributed by atoms with Crippen LogP contribution in [0.15, 0.2) is 24.3 Å². The second-order valence-electron chi connectivity index (χ2n) is 6.12. The van der Waals surface area contributed by atoms with Crippen LogP contribution in [0, 0.1) is 12.0 Å². The third-order valence-electron chi connectivity index (χ3n) is 4.29. The highest BCUT2D eigenvalue weighted by Crippen LogP contribution is 2.32. The maximum absolute atomic E-state index is 11.9. The molecule has 0 aliphatic heterocycles. The molecule has 0 bridgehead atoms. The summed E-state index contributed by atoms with van der Waals surface area (Å²) in [6, 6.07) is 7.50. The third kappa shape index (κ3) is 4.57. The fourth-order valence-corrected chi connectivity index (χ4v) is 2.64. The van der Waals surface area contributed by atoms with Gasteiger partial charge < -0.3 is 0 Å². The standard InChI is InChI=1S/C18H25O3/c1-4-14-5-11-17(12-6-14)20-21-18(19)16-9-7-15(8-10-16)13(2)3/h7-10,13-14H,4-6,11-12H2,1-3H3. The number of benzene rings is 1. The predicted octanol–water partition coefficient (Wildman–Crippen LogP) is 5.03. The van der Waals surface area contributed by atoms with E-state index >= 15 is 0 Å². The van der Waals surface area contributed by atoms with E-state index in [4.69, 9.17) is 9.78 Å². The van der Waals surface area contributed by atoms with Crippen molar-refractivity contribution in [3.05, 3.63) is 41.5 Å². The summed E-state index contributed by atoms with van der Waals surface area (Å²) in [6.07, 6.45) is 6.18. The molecule has 3 heteroatoms. The summed E-state index contributed by atoms with van der Waals surface area (Å²) in [5.74, 6) is 0.822. The van der Waals surface area contributed by atoms with E-state index in [0.717, 1.165) is 37.7 Å². The minimum Gasteiger partial charge on any atom is -0.292 e. The average molecular weight is 289 g/mol. The first-order valence-corrected chi connectivity index (χ1v) is 7.93. The zero-order valence-corrected chi connectivity index (χ0v) is 13.2. The lowest BCUT2D eigenvalue weighted by molar-refractivity contribution is -0.240. The third-order valence-corrected chi connectivity index (χ3v) is 4.29. The quantitative estimate of drug-likeness (QED) is 0.563. The zero-order valence-electron chi connectivity index (χ0n) is 13.2. The molecule has 1 aliphatic carbocycles.